The molecule has 5 nitrogen and oxygen atoms in total. The Hall–Kier alpha value is -1.27. The number of aliphatic hydroxyl groups is 1. The smallest absolute Gasteiger partial charge is 0.177 e. The van der Waals surface area contributed by atoms with Crippen LogP contribution in [0, 0.1) is 0 Å². The van der Waals surface area contributed by atoms with Crippen LogP contribution in [0.4, 0.5) is 11.4 Å². The lowest BCUT2D eigenvalue weighted by molar-refractivity contribution is 0.145. The standard InChI is InChI=1S/C12H18N2O3S/c1-18(16,17)12-3-2-9(8-11(12)13)14-6-4-10(15)5-7-14/h2-3,8,10,15H,4-7,13H2,1H3. The number of anilines is 2. The highest BCUT2D eigenvalue weighted by molar-refractivity contribution is 7.90. The van der Waals surface area contributed by atoms with Gasteiger partial charge in [0.1, 0.15) is 0 Å². The zero-order valence-electron chi connectivity index (χ0n) is 10.3. The summed E-state index contributed by atoms with van der Waals surface area (Å²) >= 11 is 0. The summed E-state index contributed by atoms with van der Waals surface area (Å²) in [6.07, 6.45) is 2.38. The topological polar surface area (TPSA) is 83.6 Å². The highest BCUT2D eigenvalue weighted by Gasteiger charge is 2.19. The molecule has 0 bridgehead atoms. The Morgan fingerprint density at radius 3 is 2.44 bits per heavy atom. The van der Waals surface area contributed by atoms with Crippen LogP contribution in [0.25, 0.3) is 0 Å². The molecule has 1 aromatic carbocycles. The first-order chi connectivity index (χ1) is 8.38. The lowest BCUT2D eigenvalue weighted by Crippen LogP contribution is -2.35. The van der Waals surface area contributed by atoms with Crippen molar-refractivity contribution >= 4 is 21.2 Å². The molecule has 18 heavy (non-hydrogen) atoms. The predicted octanol–water partition coefficient (Wildman–Crippen LogP) is 0.633. The summed E-state index contributed by atoms with van der Waals surface area (Å²) in [6, 6.07) is 5.00. The zero-order chi connectivity index (χ0) is 13.3. The molecule has 0 saturated carbocycles. The molecule has 1 fully saturated rings. The quantitative estimate of drug-likeness (QED) is 0.770. The number of nitrogens with two attached hydrogens (primary N) is 1. The molecular formula is C12H18N2O3S. The monoisotopic (exact) mass is 270 g/mol. The van der Waals surface area contributed by atoms with Crippen molar-refractivity contribution in [2.45, 2.75) is 23.8 Å². The van der Waals surface area contributed by atoms with Crippen LogP contribution < -0.4 is 10.6 Å². The summed E-state index contributed by atoms with van der Waals surface area (Å²) in [5.41, 5.74) is 6.97. The van der Waals surface area contributed by atoms with Crippen molar-refractivity contribution in [3.05, 3.63) is 18.2 Å². The van der Waals surface area contributed by atoms with E-state index in [4.69, 9.17) is 5.73 Å². The molecule has 1 aliphatic rings. The molecule has 1 saturated heterocycles. The minimum absolute atomic E-state index is 0.170. The Kier molecular flexibility index (Phi) is 3.49. The number of piperidine rings is 1. The molecule has 0 atom stereocenters. The molecule has 1 aliphatic heterocycles. The first kappa shape index (κ1) is 13.2. The van der Waals surface area contributed by atoms with Gasteiger partial charge in [-0.1, -0.05) is 0 Å². The van der Waals surface area contributed by atoms with Crippen molar-refractivity contribution < 1.29 is 13.5 Å². The van der Waals surface area contributed by atoms with Crippen LogP contribution in [0.2, 0.25) is 0 Å². The van der Waals surface area contributed by atoms with E-state index in [-0.39, 0.29) is 16.7 Å². The molecule has 100 valence electrons. The fourth-order valence-corrected chi connectivity index (χ4v) is 3.00. The number of benzene rings is 1. The van der Waals surface area contributed by atoms with Crippen LogP contribution >= 0.6 is 0 Å². The van der Waals surface area contributed by atoms with Crippen molar-refractivity contribution in [3.8, 4) is 0 Å². The third-order valence-corrected chi connectivity index (χ3v) is 4.39. The van der Waals surface area contributed by atoms with Crippen molar-refractivity contribution in [1.82, 2.24) is 0 Å². The summed E-state index contributed by atoms with van der Waals surface area (Å²) in [4.78, 5) is 2.28. The van der Waals surface area contributed by atoms with Gasteiger partial charge in [-0.15, -0.1) is 0 Å². The van der Waals surface area contributed by atoms with Gasteiger partial charge in [-0.2, -0.15) is 0 Å². The number of nitrogen functional groups attached to an aromatic ring is 1. The fourth-order valence-electron chi connectivity index (χ4n) is 2.19. The van der Waals surface area contributed by atoms with E-state index in [1.807, 2.05) is 0 Å². The largest absolute Gasteiger partial charge is 0.398 e. The average Bonchev–Trinajstić information content (AvgIpc) is 2.28. The third kappa shape index (κ3) is 2.76. The SMILES string of the molecule is CS(=O)(=O)c1ccc(N2CCC(O)CC2)cc1N. The van der Waals surface area contributed by atoms with Gasteiger partial charge >= 0.3 is 0 Å². The van der Waals surface area contributed by atoms with Gasteiger partial charge in [0.2, 0.25) is 0 Å². The Bertz CT molecular complexity index is 534. The lowest BCUT2D eigenvalue weighted by Gasteiger charge is -2.31. The van der Waals surface area contributed by atoms with Gasteiger partial charge in [0, 0.05) is 25.0 Å². The predicted molar refractivity (Wildman–Crippen MR) is 71.4 cm³/mol. The summed E-state index contributed by atoms with van der Waals surface area (Å²) in [5.74, 6) is 0. The first-order valence-corrected chi connectivity index (χ1v) is 7.79. The van der Waals surface area contributed by atoms with Crippen LogP contribution in [0.15, 0.2) is 23.1 Å². The van der Waals surface area contributed by atoms with Crippen molar-refractivity contribution in [2.24, 2.45) is 0 Å². The van der Waals surface area contributed by atoms with Crippen molar-refractivity contribution in [3.63, 3.8) is 0 Å². The van der Waals surface area contributed by atoms with Gasteiger partial charge in [0.05, 0.1) is 16.7 Å². The Morgan fingerprint density at radius 1 is 1.33 bits per heavy atom. The first-order valence-electron chi connectivity index (χ1n) is 5.90. The molecule has 1 aromatic rings. The molecule has 0 aromatic heterocycles. The second-order valence-electron chi connectivity index (χ2n) is 4.71. The average molecular weight is 270 g/mol. The molecule has 3 N–H and O–H groups in total. The summed E-state index contributed by atoms with van der Waals surface area (Å²) in [7, 11) is -3.27. The van der Waals surface area contributed by atoms with E-state index in [1.54, 1.807) is 18.2 Å². The van der Waals surface area contributed by atoms with Crippen molar-refractivity contribution in [2.75, 3.05) is 30.0 Å². The number of hydrogen-bond donors (Lipinski definition) is 2. The van der Waals surface area contributed by atoms with E-state index in [2.05, 4.69) is 4.90 Å². The van der Waals surface area contributed by atoms with E-state index in [9.17, 15) is 13.5 Å². The molecule has 2 rings (SSSR count). The second-order valence-corrected chi connectivity index (χ2v) is 6.70. The number of rotatable bonds is 2. The summed E-state index contributed by atoms with van der Waals surface area (Å²) in [6.45, 7) is 1.53. The van der Waals surface area contributed by atoms with Crippen LogP contribution in [0.5, 0.6) is 0 Å². The van der Waals surface area contributed by atoms with Crippen LogP contribution in [0.3, 0.4) is 0 Å². The Balaban J connectivity index is 2.24. The Labute approximate surface area is 107 Å². The van der Waals surface area contributed by atoms with Gasteiger partial charge in [0.25, 0.3) is 0 Å². The maximum atomic E-state index is 11.5. The maximum Gasteiger partial charge on any atom is 0.177 e. The van der Waals surface area contributed by atoms with Gasteiger partial charge in [-0.25, -0.2) is 8.42 Å². The minimum Gasteiger partial charge on any atom is -0.398 e. The van der Waals surface area contributed by atoms with Gasteiger partial charge in [-0.05, 0) is 31.0 Å². The van der Waals surface area contributed by atoms with Crippen molar-refractivity contribution in [1.29, 1.82) is 0 Å². The van der Waals surface area contributed by atoms with Gasteiger partial charge < -0.3 is 15.7 Å². The lowest BCUT2D eigenvalue weighted by atomic mass is 10.1. The van der Waals surface area contributed by atoms with Gasteiger partial charge in [-0.3, -0.25) is 0 Å². The minimum atomic E-state index is -3.27. The van der Waals surface area contributed by atoms with E-state index in [1.165, 1.54) is 0 Å². The fraction of sp³-hybridized carbons (Fsp3) is 0.500. The molecule has 0 amide bonds. The molecular weight excluding hydrogens is 252 g/mol. The maximum absolute atomic E-state index is 11.5. The van der Waals surface area contributed by atoms with Crippen LogP contribution in [-0.2, 0) is 9.84 Å². The second kappa shape index (κ2) is 4.78. The Morgan fingerprint density at radius 2 is 1.94 bits per heavy atom. The summed E-state index contributed by atoms with van der Waals surface area (Å²) in [5, 5.41) is 9.45. The number of hydrogen-bond acceptors (Lipinski definition) is 5. The van der Waals surface area contributed by atoms with Crippen LogP contribution in [0.1, 0.15) is 12.8 Å². The highest BCUT2D eigenvalue weighted by atomic mass is 32.2. The highest BCUT2D eigenvalue weighted by Crippen LogP contribution is 2.26. The molecule has 0 unspecified atom stereocenters. The van der Waals surface area contributed by atoms with E-state index >= 15 is 0 Å². The van der Waals surface area contributed by atoms with Gasteiger partial charge in [0.15, 0.2) is 9.84 Å². The normalized spacial score (nSPS) is 18.0. The molecule has 0 aliphatic carbocycles. The van der Waals surface area contributed by atoms with E-state index < -0.39 is 9.84 Å². The molecule has 0 spiro atoms. The van der Waals surface area contributed by atoms with E-state index in [0.717, 1.165) is 37.9 Å². The number of sulfone groups is 1. The van der Waals surface area contributed by atoms with E-state index in [0.29, 0.717) is 0 Å². The van der Waals surface area contributed by atoms with Crippen LogP contribution in [-0.4, -0.2) is 39.0 Å². The molecule has 1 heterocycles. The number of aliphatic hydroxyl groups excluding tert-OH is 1. The third-order valence-electron chi connectivity index (χ3n) is 3.22. The zero-order valence-corrected chi connectivity index (χ0v) is 11.2. The summed E-state index contributed by atoms with van der Waals surface area (Å²) < 4.78 is 22.9. The molecule has 6 heteroatoms. The molecule has 0 radical (unpaired) electrons. The number of nitrogens with zero attached hydrogens (tertiary/aromatic N) is 1.